The Morgan fingerprint density at radius 2 is 1.82 bits per heavy atom. The van der Waals surface area contributed by atoms with Gasteiger partial charge in [-0.2, -0.15) is 11.8 Å². The van der Waals surface area contributed by atoms with E-state index in [-0.39, 0.29) is 0 Å². The van der Waals surface area contributed by atoms with E-state index in [4.69, 9.17) is 15.2 Å². The van der Waals surface area contributed by atoms with Crippen LogP contribution < -0.4 is 10.5 Å². The monoisotopic (exact) mass is 255 g/mol. The lowest BCUT2D eigenvalue weighted by Gasteiger charge is -2.08. The number of benzene rings is 1. The number of ether oxygens (including phenoxy) is 2. The van der Waals surface area contributed by atoms with Crippen molar-refractivity contribution in [2.45, 2.75) is 12.8 Å². The van der Waals surface area contributed by atoms with Crippen LogP contribution in [0.5, 0.6) is 5.75 Å². The van der Waals surface area contributed by atoms with Gasteiger partial charge in [-0.05, 0) is 36.5 Å². The molecule has 0 spiro atoms. The van der Waals surface area contributed by atoms with Gasteiger partial charge in [0.15, 0.2) is 0 Å². The third-order valence-corrected chi connectivity index (χ3v) is 3.40. The van der Waals surface area contributed by atoms with Crippen LogP contribution in [0.3, 0.4) is 0 Å². The fraction of sp³-hybridized carbons (Fsp3) is 0.538. The van der Waals surface area contributed by atoms with Gasteiger partial charge in [0.1, 0.15) is 5.75 Å². The second kappa shape index (κ2) is 9.19. The number of methoxy groups -OCH3 is 1. The number of anilines is 1. The summed E-state index contributed by atoms with van der Waals surface area (Å²) in [5.74, 6) is 3.06. The van der Waals surface area contributed by atoms with Crippen molar-refractivity contribution >= 4 is 17.4 Å². The van der Waals surface area contributed by atoms with Crippen molar-refractivity contribution in [3.8, 4) is 5.75 Å². The van der Waals surface area contributed by atoms with E-state index in [9.17, 15) is 0 Å². The fourth-order valence-corrected chi connectivity index (χ4v) is 2.21. The largest absolute Gasteiger partial charge is 0.491 e. The summed E-state index contributed by atoms with van der Waals surface area (Å²) in [4.78, 5) is 0. The molecule has 0 amide bonds. The van der Waals surface area contributed by atoms with Gasteiger partial charge >= 0.3 is 0 Å². The van der Waals surface area contributed by atoms with Crippen molar-refractivity contribution in [3.63, 3.8) is 0 Å². The van der Waals surface area contributed by atoms with Gasteiger partial charge in [0.05, 0.1) is 12.3 Å². The van der Waals surface area contributed by atoms with Crippen LogP contribution in [-0.2, 0) is 4.74 Å². The highest BCUT2D eigenvalue weighted by atomic mass is 32.2. The van der Waals surface area contributed by atoms with E-state index in [1.54, 1.807) is 7.11 Å². The summed E-state index contributed by atoms with van der Waals surface area (Å²) in [7, 11) is 1.74. The molecule has 3 nitrogen and oxygen atoms in total. The van der Waals surface area contributed by atoms with Crippen molar-refractivity contribution in [1.82, 2.24) is 0 Å². The lowest BCUT2D eigenvalue weighted by atomic mass is 10.3. The SMILES string of the molecule is COCCCSCCCOc1ccccc1N. The van der Waals surface area contributed by atoms with E-state index >= 15 is 0 Å². The maximum atomic E-state index is 5.77. The van der Waals surface area contributed by atoms with Gasteiger partial charge in [0.2, 0.25) is 0 Å². The number of hydrogen-bond donors (Lipinski definition) is 1. The fourth-order valence-electron chi connectivity index (χ4n) is 1.36. The normalized spacial score (nSPS) is 10.4. The zero-order valence-corrected chi connectivity index (χ0v) is 11.2. The molecule has 2 N–H and O–H groups in total. The van der Waals surface area contributed by atoms with Crippen LogP contribution in [0.15, 0.2) is 24.3 Å². The van der Waals surface area contributed by atoms with Crippen molar-refractivity contribution in [1.29, 1.82) is 0 Å². The Labute approximate surface area is 108 Å². The highest BCUT2D eigenvalue weighted by molar-refractivity contribution is 7.99. The maximum absolute atomic E-state index is 5.77. The molecule has 0 saturated carbocycles. The Hall–Kier alpha value is -0.870. The lowest BCUT2D eigenvalue weighted by Crippen LogP contribution is -2.01. The second-order valence-electron chi connectivity index (χ2n) is 3.70. The minimum absolute atomic E-state index is 0.709. The number of nitrogens with two attached hydrogens (primary N) is 1. The predicted molar refractivity (Wildman–Crippen MR) is 74.8 cm³/mol. The third kappa shape index (κ3) is 6.44. The van der Waals surface area contributed by atoms with Crippen LogP contribution in [0.2, 0.25) is 0 Å². The van der Waals surface area contributed by atoms with E-state index in [2.05, 4.69) is 0 Å². The van der Waals surface area contributed by atoms with Gasteiger partial charge in [-0.3, -0.25) is 0 Å². The number of hydrogen-bond acceptors (Lipinski definition) is 4. The second-order valence-corrected chi connectivity index (χ2v) is 4.92. The molecular formula is C13H21NO2S. The molecule has 0 aliphatic heterocycles. The molecule has 0 aromatic heterocycles. The molecule has 0 saturated heterocycles. The van der Waals surface area contributed by atoms with Crippen LogP contribution in [0, 0.1) is 0 Å². The summed E-state index contributed by atoms with van der Waals surface area (Å²) in [5, 5.41) is 0. The maximum Gasteiger partial charge on any atom is 0.142 e. The zero-order chi connectivity index (χ0) is 12.3. The molecule has 0 aliphatic rings. The van der Waals surface area contributed by atoms with Crippen molar-refractivity contribution in [2.24, 2.45) is 0 Å². The molecule has 96 valence electrons. The van der Waals surface area contributed by atoms with Crippen LogP contribution >= 0.6 is 11.8 Å². The van der Waals surface area contributed by atoms with Crippen LogP contribution in [0.1, 0.15) is 12.8 Å². The van der Waals surface area contributed by atoms with Crippen molar-refractivity contribution in [3.05, 3.63) is 24.3 Å². The predicted octanol–water partition coefficient (Wildman–Crippen LogP) is 2.81. The van der Waals surface area contributed by atoms with Crippen LogP contribution in [-0.4, -0.2) is 31.8 Å². The Balaban J connectivity index is 1.99. The summed E-state index contributed by atoms with van der Waals surface area (Å²) in [6.07, 6.45) is 2.17. The first-order chi connectivity index (χ1) is 8.34. The molecule has 0 atom stereocenters. The Bertz CT molecular complexity index is 307. The first-order valence-electron chi connectivity index (χ1n) is 5.88. The topological polar surface area (TPSA) is 44.5 Å². The van der Waals surface area contributed by atoms with E-state index < -0.39 is 0 Å². The van der Waals surface area contributed by atoms with Crippen molar-refractivity contribution in [2.75, 3.05) is 37.6 Å². The highest BCUT2D eigenvalue weighted by Gasteiger charge is 1.97. The lowest BCUT2D eigenvalue weighted by molar-refractivity contribution is 0.200. The molecule has 1 aromatic rings. The smallest absolute Gasteiger partial charge is 0.142 e. The quantitative estimate of drug-likeness (QED) is 0.544. The summed E-state index contributed by atoms with van der Waals surface area (Å²) >= 11 is 1.94. The summed E-state index contributed by atoms with van der Waals surface area (Å²) in [6.45, 7) is 1.58. The first kappa shape index (κ1) is 14.2. The molecular weight excluding hydrogens is 234 g/mol. The van der Waals surface area contributed by atoms with E-state index in [1.807, 2.05) is 36.0 Å². The van der Waals surface area contributed by atoms with E-state index in [0.29, 0.717) is 5.69 Å². The molecule has 0 heterocycles. The van der Waals surface area contributed by atoms with E-state index in [1.165, 1.54) is 0 Å². The molecule has 0 radical (unpaired) electrons. The minimum atomic E-state index is 0.709. The van der Waals surface area contributed by atoms with Gasteiger partial charge < -0.3 is 15.2 Å². The first-order valence-corrected chi connectivity index (χ1v) is 7.04. The number of para-hydroxylation sites is 2. The Morgan fingerprint density at radius 1 is 1.12 bits per heavy atom. The summed E-state index contributed by atoms with van der Waals surface area (Å²) in [6, 6.07) is 7.61. The standard InChI is InChI=1S/C13H21NO2S/c1-15-8-4-10-17-11-5-9-16-13-7-3-2-6-12(13)14/h2-3,6-7H,4-5,8-11,14H2,1H3. The highest BCUT2D eigenvalue weighted by Crippen LogP contribution is 2.19. The molecule has 0 bridgehead atoms. The van der Waals surface area contributed by atoms with Gasteiger partial charge in [0, 0.05) is 13.7 Å². The van der Waals surface area contributed by atoms with Crippen LogP contribution in [0.4, 0.5) is 5.69 Å². The Morgan fingerprint density at radius 3 is 2.53 bits per heavy atom. The molecule has 4 heteroatoms. The van der Waals surface area contributed by atoms with Gasteiger partial charge in [-0.15, -0.1) is 0 Å². The van der Waals surface area contributed by atoms with Gasteiger partial charge in [0.25, 0.3) is 0 Å². The summed E-state index contributed by atoms with van der Waals surface area (Å²) < 4.78 is 10.6. The molecule has 0 unspecified atom stereocenters. The van der Waals surface area contributed by atoms with Gasteiger partial charge in [-0.25, -0.2) is 0 Å². The number of nitrogen functional groups attached to an aromatic ring is 1. The van der Waals surface area contributed by atoms with E-state index in [0.717, 1.165) is 43.3 Å². The molecule has 1 aromatic carbocycles. The molecule has 0 aliphatic carbocycles. The van der Waals surface area contributed by atoms with Gasteiger partial charge in [-0.1, -0.05) is 12.1 Å². The third-order valence-electron chi connectivity index (χ3n) is 2.25. The number of rotatable bonds is 9. The Kier molecular flexibility index (Phi) is 7.67. The average Bonchev–Trinajstić information content (AvgIpc) is 2.35. The number of thioether (sulfide) groups is 1. The molecule has 0 fully saturated rings. The average molecular weight is 255 g/mol. The summed E-state index contributed by atoms with van der Waals surface area (Å²) in [5.41, 5.74) is 6.48. The minimum Gasteiger partial charge on any atom is -0.491 e. The molecule has 1 rings (SSSR count). The van der Waals surface area contributed by atoms with Crippen LogP contribution in [0.25, 0.3) is 0 Å². The molecule has 17 heavy (non-hydrogen) atoms. The zero-order valence-electron chi connectivity index (χ0n) is 10.4. The van der Waals surface area contributed by atoms with Crippen molar-refractivity contribution < 1.29 is 9.47 Å².